The lowest BCUT2D eigenvalue weighted by atomic mass is 10.1. The second kappa shape index (κ2) is 8.60. The van der Waals surface area contributed by atoms with Crippen molar-refractivity contribution in [3.05, 3.63) is 53.6 Å². The first kappa shape index (κ1) is 20.8. The molecule has 0 aliphatic carbocycles. The standard InChI is InChI=1S/C19H20N2O7S/c1-27-19(24)14-4-2-3-5-16(14)20-18(23)15-12-13(6-7-17(15)22)29(25,26)21-8-10-28-11-9-21/h2-7,12,22H,8-11H2,1H3,(H,20,23). The van der Waals surface area contributed by atoms with Crippen LogP contribution in [0, 0.1) is 0 Å². The van der Waals surface area contributed by atoms with Crippen molar-refractivity contribution in [3.8, 4) is 5.75 Å². The molecule has 1 heterocycles. The summed E-state index contributed by atoms with van der Waals surface area (Å²) in [5, 5.41) is 12.6. The highest BCUT2D eigenvalue weighted by Crippen LogP contribution is 2.26. The Morgan fingerprint density at radius 1 is 1.10 bits per heavy atom. The number of amides is 1. The molecule has 29 heavy (non-hydrogen) atoms. The van der Waals surface area contributed by atoms with Gasteiger partial charge in [0.05, 0.1) is 42.0 Å². The van der Waals surface area contributed by atoms with Gasteiger partial charge in [-0.1, -0.05) is 12.1 Å². The molecule has 154 valence electrons. The van der Waals surface area contributed by atoms with Gasteiger partial charge in [-0.05, 0) is 30.3 Å². The molecule has 0 unspecified atom stereocenters. The molecule has 2 aromatic carbocycles. The number of carbonyl (C=O) groups excluding carboxylic acids is 2. The minimum absolute atomic E-state index is 0.122. The number of aromatic hydroxyl groups is 1. The third-order valence-corrected chi connectivity index (χ3v) is 6.30. The van der Waals surface area contributed by atoms with E-state index in [2.05, 4.69) is 10.1 Å². The number of methoxy groups -OCH3 is 1. The predicted octanol–water partition coefficient (Wildman–Crippen LogP) is 1.45. The molecule has 2 N–H and O–H groups in total. The van der Waals surface area contributed by atoms with Gasteiger partial charge in [-0.3, -0.25) is 4.79 Å². The predicted molar refractivity (Wildman–Crippen MR) is 103 cm³/mol. The number of phenols is 1. The summed E-state index contributed by atoms with van der Waals surface area (Å²) in [4.78, 5) is 24.4. The van der Waals surface area contributed by atoms with E-state index in [0.29, 0.717) is 0 Å². The number of phenolic OH excluding ortho intramolecular Hbond substituents is 1. The fourth-order valence-corrected chi connectivity index (χ4v) is 4.30. The van der Waals surface area contributed by atoms with E-state index in [1.165, 1.54) is 29.6 Å². The van der Waals surface area contributed by atoms with Crippen molar-refractivity contribution in [1.29, 1.82) is 0 Å². The number of morpholine rings is 1. The summed E-state index contributed by atoms with van der Waals surface area (Å²) < 4.78 is 36.7. The number of sulfonamides is 1. The Hall–Kier alpha value is -2.95. The number of anilines is 1. The molecule has 1 aliphatic heterocycles. The molecular weight excluding hydrogens is 400 g/mol. The van der Waals surface area contributed by atoms with Crippen LogP contribution in [-0.4, -0.2) is 63.1 Å². The van der Waals surface area contributed by atoms with E-state index >= 15 is 0 Å². The number of nitrogens with one attached hydrogen (secondary N) is 1. The van der Waals surface area contributed by atoms with Gasteiger partial charge in [-0.2, -0.15) is 4.31 Å². The average Bonchev–Trinajstić information content (AvgIpc) is 2.74. The fourth-order valence-electron chi connectivity index (χ4n) is 2.86. The molecule has 0 saturated carbocycles. The maximum atomic E-state index is 12.8. The summed E-state index contributed by atoms with van der Waals surface area (Å²) in [6.07, 6.45) is 0. The van der Waals surface area contributed by atoms with Crippen molar-refractivity contribution in [2.75, 3.05) is 38.7 Å². The van der Waals surface area contributed by atoms with E-state index in [9.17, 15) is 23.1 Å². The second-order valence-electron chi connectivity index (χ2n) is 6.19. The molecule has 9 nitrogen and oxygen atoms in total. The first-order valence-corrected chi connectivity index (χ1v) is 10.2. The Balaban J connectivity index is 1.91. The van der Waals surface area contributed by atoms with Crippen LogP contribution < -0.4 is 5.32 Å². The number of hydrogen-bond donors (Lipinski definition) is 2. The van der Waals surface area contributed by atoms with Gasteiger partial charge in [-0.15, -0.1) is 0 Å². The van der Waals surface area contributed by atoms with E-state index in [0.717, 1.165) is 12.1 Å². The van der Waals surface area contributed by atoms with E-state index in [-0.39, 0.29) is 53.8 Å². The fraction of sp³-hybridized carbons (Fsp3) is 0.263. The van der Waals surface area contributed by atoms with Crippen LogP contribution in [0.1, 0.15) is 20.7 Å². The zero-order valence-corrected chi connectivity index (χ0v) is 16.4. The Labute approximate surface area is 167 Å². The van der Waals surface area contributed by atoms with Crippen LogP contribution in [0.2, 0.25) is 0 Å². The molecule has 0 spiro atoms. The maximum absolute atomic E-state index is 12.8. The minimum Gasteiger partial charge on any atom is -0.507 e. The smallest absolute Gasteiger partial charge is 0.339 e. The highest BCUT2D eigenvalue weighted by molar-refractivity contribution is 7.89. The van der Waals surface area contributed by atoms with Crippen LogP contribution in [-0.2, 0) is 19.5 Å². The number of esters is 1. The van der Waals surface area contributed by atoms with Gasteiger partial charge in [-0.25, -0.2) is 13.2 Å². The highest BCUT2D eigenvalue weighted by atomic mass is 32.2. The summed E-state index contributed by atoms with van der Waals surface area (Å²) in [5.74, 6) is -1.80. The lowest BCUT2D eigenvalue weighted by molar-refractivity contribution is 0.0602. The van der Waals surface area contributed by atoms with Crippen LogP contribution in [0.4, 0.5) is 5.69 Å². The molecule has 1 fully saturated rings. The SMILES string of the molecule is COC(=O)c1ccccc1NC(=O)c1cc(S(=O)(=O)N2CCOCC2)ccc1O. The van der Waals surface area contributed by atoms with Gasteiger partial charge < -0.3 is 19.9 Å². The lowest BCUT2D eigenvalue weighted by Gasteiger charge is -2.26. The normalized spacial score (nSPS) is 14.9. The quantitative estimate of drug-likeness (QED) is 0.702. The van der Waals surface area contributed by atoms with Gasteiger partial charge in [0, 0.05) is 13.1 Å². The van der Waals surface area contributed by atoms with Crippen molar-refractivity contribution in [2.45, 2.75) is 4.90 Å². The molecule has 0 bridgehead atoms. The summed E-state index contributed by atoms with van der Waals surface area (Å²) in [5.41, 5.74) is 0.0594. The highest BCUT2D eigenvalue weighted by Gasteiger charge is 2.28. The number of hydrogen-bond acceptors (Lipinski definition) is 7. The van der Waals surface area contributed by atoms with E-state index in [1.54, 1.807) is 12.1 Å². The Kier molecular flexibility index (Phi) is 6.16. The summed E-state index contributed by atoms with van der Waals surface area (Å²) in [7, 11) is -2.63. The summed E-state index contributed by atoms with van der Waals surface area (Å²) >= 11 is 0. The van der Waals surface area contributed by atoms with Crippen LogP contribution in [0.25, 0.3) is 0 Å². The summed E-state index contributed by atoms with van der Waals surface area (Å²) in [6.45, 7) is 0.985. The number of nitrogens with zero attached hydrogens (tertiary/aromatic N) is 1. The third-order valence-electron chi connectivity index (χ3n) is 4.40. The third kappa shape index (κ3) is 4.39. The van der Waals surface area contributed by atoms with Gasteiger partial charge in [0.2, 0.25) is 10.0 Å². The van der Waals surface area contributed by atoms with Crippen molar-refractivity contribution in [2.24, 2.45) is 0 Å². The molecule has 0 radical (unpaired) electrons. The van der Waals surface area contributed by atoms with Crippen molar-refractivity contribution >= 4 is 27.6 Å². The van der Waals surface area contributed by atoms with E-state index in [1.807, 2.05) is 0 Å². The first-order valence-electron chi connectivity index (χ1n) is 8.74. The Morgan fingerprint density at radius 3 is 2.48 bits per heavy atom. The Bertz CT molecular complexity index is 1030. The number of benzene rings is 2. The Morgan fingerprint density at radius 2 is 1.79 bits per heavy atom. The monoisotopic (exact) mass is 420 g/mol. The summed E-state index contributed by atoms with van der Waals surface area (Å²) in [6, 6.07) is 9.68. The van der Waals surface area contributed by atoms with E-state index in [4.69, 9.17) is 4.74 Å². The largest absolute Gasteiger partial charge is 0.507 e. The minimum atomic E-state index is -3.85. The van der Waals surface area contributed by atoms with Crippen LogP contribution in [0.3, 0.4) is 0 Å². The average molecular weight is 420 g/mol. The van der Waals surface area contributed by atoms with Gasteiger partial charge >= 0.3 is 5.97 Å². The zero-order chi connectivity index (χ0) is 21.0. The molecule has 1 saturated heterocycles. The number of ether oxygens (including phenoxy) is 2. The zero-order valence-electron chi connectivity index (χ0n) is 15.6. The van der Waals surface area contributed by atoms with Crippen molar-refractivity contribution < 1.29 is 32.6 Å². The molecule has 1 amide bonds. The molecule has 2 aromatic rings. The second-order valence-corrected chi connectivity index (χ2v) is 8.12. The van der Waals surface area contributed by atoms with Crippen LogP contribution >= 0.6 is 0 Å². The molecule has 3 rings (SSSR count). The molecule has 0 aromatic heterocycles. The number of carbonyl (C=O) groups is 2. The molecule has 1 aliphatic rings. The van der Waals surface area contributed by atoms with Crippen molar-refractivity contribution in [3.63, 3.8) is 0 Å². The van der Waals surface area contributed by atoms with Crippen molar-refractivity contribution in [1.82, 2.24) is 4.31 Å². The van der Waals surface area contributed by atoms with Gasteiger partial charge in [0.1, 0.15) is 5.75 Å². The number of para-hydroxylation sites is 1. The van der Waals surface area contributed by atoms with E-state index < -0.39 is 21.9 Å². The molecule has 0 atom stereocenters. The van der Waals surface area contributed by atoms with Gasteiger partial charge in [0.25, 0.3) is 5.91 Å². The maximum Gasteiger partial charge on any atom is 0.339 e. The lowest BCUT2D eigenvalue weighted by Crippen LogP contribution is -2.40. The first-order chi connectivity index (χ1) is 13.8. The van der Waals surface area contributed by atoms with Crippen LogP contribution in [0.5, 0.6) is 5.75 Å². The molecule has 10 heteroatoms. The number of rotatable bonds is 5. The van der Waals surface area contributed by atoms with Gasteiger partial charge in [0.15, 0.2) is 0 Å². The molecular formula is C19H20N2O7S. The topological polar surface area (TPSA) is 122 Å². The van der Waals surface area contributed by atoms with Crippen LogP contribution in [0.15, 0.2) is 47.4 Å².